The van der Waals surface area contributed by atoms with Gasteiger partial charge in [-0.2, -0.15) is 0 Å². The van der Waals surface area contributed by atoms with E-state index in [1.165, 1.54) is 0 Å². The molecule has 0 saturated heterocycles. The number of halogens is 1. The van der Waals surface area contributed by atoms with Crippen LogP contribution in [0.25, 0.3) is 0 Å². The standard InChI is InChI=1S/C13H19ClO2/c1-13(2,3)8-9-6-7-10(15-4)12(16-5)11(9)14/h6-7H,8H2,1-5H3. The van der Waals surface area contributed by atoms with Crippen molar-refractivity contribution in [3.05, 3.63) is 22.7 Å². The second-order valence-corrected chi connectivity index (χ2v) is 5.39. The first kappa shape index (κ1) is 13.2. The maximum absolute atomic E-state index is 6.29. The third kappa shape index (κ3) is 3.05. The minimum absolute atomic E-state index is 0.198. The Morgan fingerprint density at radius 3 is 2.19 bits per heavy atom. The third-order valence-corrected chi connectivity index (χ3v) is 2.70. The van der Waals surface area contributed by atoms with Gasteiger partial charge in [0.2, 0.25) is 0 Å². The van der Waals surface area contributed by atoms with Crippen molar-refractivity contribution in [3.8, 4) is 11.5 Å². The zero-order valence-electron chi connectivity index (χ0n) is 10.6. The van der Waals surface area contributed by atoms with Gasteiger partial charge in [-0.1, -0.05) is 38.4 Å². The first-order valence-electron chi connectivity index (χ1n) is 5.28. The molecular weight excluding hydrogens is 224 g/mol. The molecule has 0 N–H and O–H groups in total. The lowest BCUT2D eigenvalue weighted by Gasteiger charge is -2.20. The Morgan fingerprint density at radius 2 is 1.75 bits per heavy atom. The zero-order valence-corrected chi connectivity index (χ0v) is 11.3. The molecule has 90 valence electrons. The van der Waals surface area contributed by atoms with E-state index in [4.69, 9.17) is 21.1 Å². The summed E-state index contributed by atoms with van der Waals surface area (Å²) in [4.78, 5) is 0. The summed E-state index contributed by atoms with van der Waals surface area (Å²) in [5, 5.41) is 0.650. The van der Waals surface area contributed by atoms with E-state index in [1.54, 1.807) is 14.2 Å². The van der Waals surface area contributed by atoms with Crippen molar-refractivity contribution in [2.75, 3.05) is 14.2 Å². The predicted octanol–water partition coefficient (Wildman–Crippen LogP) is 3.95. The maximum atomic E-state index is 6.29. The van der Waals surface area contributed by atoms with Gasteiger partial charge >= 0.3 is 0 Å². The quantitative estimate of drug-likeness (QED) is 0.799. The van der Waals surface area contributed by atoms with Crippen LogP contribution in [0.5, 0.6) is 11.5 Å². The van der Waals surface area contributed by atoms with Crippen molar-refractivity contribution in [1.29, 1.82) is 0 Å². The lowest BCUT2D eigenvalue weighted by Crippen LogP contribution is -2.10. The molecule has 2 nitrogen and oxygen atoms in total. The highest BCUT2D eigenvalue weighted by Gasteiger charge is 2.18. The minimum Gasteiger partial charge on any atom is -0.493 e. The van der Waals surface area contributed by atoms with Crippen LogP contribution in [0.3, 0.4) is 0 Å². The van der Waals surface area contributed by atoms with Gasteiger partial charge in [-0.3, -0.25) is 0 Å². The Morgan fingerprint density at radius 1 is 1.12 bits per heavy atom. The molecule has 16 heavy (non-hydrogen) atoms. The van der Waals surface area contributed by atoms with E-state index in [0.29, 0.717) is 16.5 Å². The first-order valence-corrected chi connectivity index (χ1v) is 5.66. The molecule has 0 amide bonds. The van der Waals surface area contributed by atoms with E-state index >= 15 is 0 Å². The van der Waals surface area contributed by atoms with E-state index in [1.807, 2.05) is 12.1 Å². The summed E-state index contributed by atoms with van der Waals surface area (Å²) < 4.78 is 10.5. The van der Waals surface area contributed by atoms with Crippen molar-refractivity contribution in [2.45, 2.75) is 27.2 Å². The Hall–Kier alpha value is -0.890. The molecule has 0 fully saturated rings. The number of ether oxygens (including phenoxy) is 2. The van der Waals surface area contributed by atoms with Crippen LogP contribution in [0.2, 0.25) is 5.02 Å². The van der Waals surface area contributed by atoms with Gasteiger partial charge in [0.1, 0.15) is 0 Å². The van der Waals surface area contributed by atoms with Crippen molar-refractivity contribution in [3.63, 3.8) is 0 Å². The highest BCUT2D eigenvalue weighted by Crippen LogP contribution is 2.39. The molecule has 0 bridgehead atoms. The zero-order chi connectivity index (χ0) is 12.3. The van der Waals surface area contributed by atoms with Crippen molar-refractivity contribution >= 4 is 11.6 Å². The van der Waals surface area contributed by atoms with Crippen LogP contribution in [-0.4, -0.2) is 14.2 Å². The number of hydrogen-bond donors (Lipinski definition) is 0. The molecule has 0 aliphatic heterocycles. The second-order valence-electron chi connectivity index (χ2n) is 5.01. The molecule has 0 aliphatic rings. The largest absolute Gasteiger partial charge is 0.493 e. The lowest BCUT2D eigenvalue weighted by molar-refractivity contribution is 0.353. The van der Waals surface area contributed by atoms with Crippen LogP contribution in [0.15, 0.2) is 12.1 Å². The Balaban J connectivity index is 3.14. The van der Waals surface area contributed by atoms with Gasteiger partial charge in [0, 0.05) is 0 Å². The van der Waals surface area contributed by atoms with E-state index < -0.39 is 0 Å². The normalized spacial score (nSPS) is 11.4. The molecule has 1 aromatic carbocycles. The fraction of sp³-hybridized carbons (Fsp3) is 0.538. The van der Waals surface area contributed by atoms with Gasteiger partial charge < -0.3 is 9.47 Å². The molecule has 0 saturated carbocycles. The topological polar surface area (TPSA) is 18.5 Å². The molecule has 0 radical (unpaired) electrons. The SMILES string of the molecule is COc1ccc(CC(C)(C)C)c(Cl)c1OC. The summed E-state index contributed by atoms with van der Waals surface area (Å²) in [6, 6.07) is 3.89. The van der Waals surface area contributed by atoms with Gasteiger partial charge in [0.05, 0.1) is 19.2 Å². The molecule has 0 atom stereocenters. The number of methoxy groups -OCH3 is 2. The van der Waals surface area contributed by atoms with E-state index in [-0.39, 0.29) is 5.41 Å². The fourth-order valence-corrected chi connectivity index (χ4v) is 1.94. The molecule has 0 heterocycles. The molecule has 0 spiro atoms. The maximum Gasteiger partial charge on any atom is 0.179 e. The van der Waals surface area contributed by atoms with Crippen LogP contribution in [0, 0.1) is 5.41 Å². The third-order valence-electron chi connectivity index (χ3n) is 2.29. The summed E-state index contributed by atoms with van der Waals surface area (Å²) in [5.41, 5.74) is 1.29. The van der Waals surface area contributed by atoms with Gasteiger partial charge in [-0.05, 0) is 23.5 Å². The highest BCUT2D eigenvalue weighted by molar-refractivity contribution is 6.33. The van der Waals surface area contributed by atoms with Crippen molar-refractivity contribution < 1.29 is 9.47 Å². The summed E-state index contributed by atoms with van der Waals surface area (Å²) in [5.74, 6) is 1.29. The van der Waals surface area contributed by atoms with Gasteiger partial charge in [0.15, 0.2) is 11.5 Å². The average molecular weight is 243 g/mol. The Labute approximate surface area is 103 Å². The number of benzene rings is 1. The number of rotatable bonds is 3. The highest BCUT2D eigenvalue weighted by atomic mass is 35.5. The van der Waals surface area contributed by atoms with Crippen LogP contribution in [0.4, 0.5) is 0 Å². The lowest BCUT2D eigenvalue weighted by atomic mass is 9.88. The van der Waals surface area contributed by atoms with E-state index in [0.717, 1.165) is 12.0 Å². The molecule has 3 heteroatoms. The second kappa shape index (κ2) is 4.96. The van der Waals surface area contributed by atoms with Crippen molar-refractivity contribution in [2.24, 2.45) is 5.41 Å². The van der Waals surface area contributed by atoms with Crippen LogP contribution in [-0.2, 0) is 6.42 Å². The molecule has 1 aromatic rings. The minimum atomic E-state index is 0.198. The number of hydrogen-bond acceptors (Lipinski definition) is 2. The predicted molar refractivity (Wildman–Crippen MR) is 67.7 cm³/mol. The van der Waals surface area contributed by atoms with Crippen molar-refractivity contribution in [1.82, 2.24) is 0 Å². The molecule has 0 aliphatic carbocycles. The van der Waals surface area contributed by atoms with Crippen LogP contribution >= 0.6 is 11.6 Å². The Kier molecular flexibility index (Phi) is 4.09. The molecular formula is C13H19ClO2. The van der Waals surface area contributed by atoms with Gasteiger partial charge in [-0.25, -0.2) is 0 Å². The fourth-order valence-electron chi connectivity index (χ4n) is 1.64. The molecule has 1 rings (SSSR count). The smallest absolute Gasteiger partial charge is 0.179 e. The molecule has 0 unspecified atom stereocenters. The monoisotopic (exact) mass is 242 g/mol. The van der Waals surface area contributed by atoms with Gasteiger partial charge in [0.25, 0.3) is 0 Å². The summed E-state index contributed by atoms with van der Waals surface area (Å²) in [6.07, 6.45) is 0.909. The van der Waals surface area contributed by atoms with Crippen LogP contribution in [0.1, 0.15) is 26.3 Å². The summed E-state index contributed by atoms with van der Waals surface area (Å²) in [7, 11) is 3.21. The van der Waals surface area contributed by atoms with E-state index in [9.17, 15) is 0 Å². The Bertz CT molecular complexity index is 367. The summed E-state index contributed by atoms with van der Waals surface area (Å²) >= 11 is 6.29. The first-order chi connectivity index (χ1) is 7.39. The van der Waals surface area contributed by atoms with Crippen LogP contribution < -0.4 is 9.47 Å². The average Bonchev–Trinajstić information content (AvgIpc) is 2.19. The van der Waals surface area contributed by atoms with Gasteiger partial charge in [-0.15, -0.1) is 0 Å². The van der Waals surface area contributed by atoms with E-state index in [2.05, 4.69) is 20.8 Å². The molecule has 0 aromatic heterocycles. The summed E-state index contributed by atoms with van der Waals surface area (Å²) in [6.45, 7) is 6.54.